The standard InChI is InChI=1S/C18H31N3/c1-4-5-11-21-12-7-6-8-17(21)16-9-10-18(20-14-16)19-13-15(2)3/h9-10,14-15,17H,4-8,11-13H2,1-3H3,(H,19,20). The molecule has 0 bridgehead atoms. The summed E-state index contributed by atoms with van der Waals surface area (Å²) in [5.74, 6) is 1.65. The summed E-state index contributed by atoms with van der Waals surface area (Å²) < 4.78 is 0. The third-order valence-electron chi connectivity index (χ3n) is 4.28. The van der Waals surface area contributed by atoms with Gasteiger partial charge in [-0.1, -0.05) is 39.7 Å². The van der Waals surface area contributed by atoms with E-state index in [1.54, 1.807) is 0 Å². The van der Waals surface area contributed by atoms with E-state index >= 15 is 0 Å². The molecule has 0 saturated carbocycles. The number of rotatable bonds is 7. The Morgan fingerprint density at radius 3 is 2.86 bits per heavy atom. The number of nitrogens with one attached hydrogen (secondary N) is 1. The highest BCUT2D eigenvalue weighted by Crippen LogP contribution is 2.31. The summed E-state index contributed by atoms with van der Waals surface area (Å²) in [5, 5.41) is 3.40. The van der Waals surface area contributed by atoms with Crippen LogP contribution in [0, 0.1) is 5.92 Å². The Kier molecular flexibility index (Phi) is 6.50. The second kappa shape index (κ2) is 8.38. The first-order valence-corrected chi connectivity index (χ1v) is 8.64. The van der Waals surface area contributed by atoms with Crippen molar-refractivity contribution >= 4 is 5.82 Å². The Bertz CT molecular complexity index is 399. The van der Waals surface area contributed by atoms with Crippen molar-refractivity contribution in [2.75, 3.05) is 25.0 Å². The van der Waals surface area contributed by atoms with Crippen LogP contribution in [0.2, 0.25) is 0 Å². The molecule has 3 heteroatoms. The monoisotopic (exact) mass is 289 g/mol. The van der Waals surface area contributed by atoms with E-state index in [1.165, 1.54) is 50.8 Å². The first kappa shape index (κ1) is 16.3. The van der Waals surface area contributed by atoms with Crippen molar-refractivity contribution in [3.8, 4) is 0 Å². The fourth-order valence-electron chi connectivity index (χ4n) is 3.01. The van der Waals surface area contributed by atoms with Crippen molar-refractivity contribution in [3.63, 3.8) is 0 Å². The SMILES string of the molecule is CCCCN1CCCCC1c1ccc(NCC(C)C)nc1. The Balaban J connectivity index is 1.98. The van der Waals surface area contributed by atoms with E-state index in [2.05, 4.69) is 54.3 Å². The zero-order valence-electron chi connectivity index (χ0n) is 13.9. The number of nitrogens with zero attached hydrogens (tertiary/aromatic N) is 2. The van der Waals surface area contributed by atoms with Gasteiger partial charge in [-0.05, 0) is 49.9 Å². The minimum absolute atomic E-state index is 0.581. The Labute approximate surface area is 130 Å². The third-order valence-corrected chi connectivity index (χ3v) is 4.28. The average molecular weight is 289 g/mol. The molecule has 0 spiro atoms. The number of pyridine rings is 1. The molecule has 1 unspecified atom stereocenters. The van der Waals surface area contributed by atoms with Gasteiger partial charge in [0.2, 0.25) is 0 Å². The maximum Gasteiger partial charge on any atom is 0.125 e. The van der Waals surface area contributed by atoms with Gasteiger partial charge in [0.15, 0.2) is 0 Å². The van der Waals surface area contributed by atoms with Crippen LogP contribution < -0.4 is 5.32 Å². The summed E-state index contributed by atoms with van der Waals surface area (Å²) >= 11 is 0. The fourth-order valence-corrected chi connectivity index (χ4v) is 3.01. The number of hydrogen-bond acceptors (Lipinski definition) is 3. The molecular formula is C18H31N3. The summed E-state index contributed by atoms with van der Waals surface area (Å²) in [6.07, 6.45) is 8.64. The van der Waals surface area contributed by atoms with Gasteiger partial charge in [0.05, 0.1) is 0 Å². The van der Waals surface area contributed by atoms with Gasteiger partial charge in [-0.3, -0.25) is 4.90 Å². The highest BCUT2D eigenvalue weighted by atomic mass is 15.2. The van der Waals surface area contributed by atoms with E-state index in [1.807, 2.05) is 0 Å². The van der Waals surface area contributed by atoms with Crippen molar-refractivity contribution in [2.24, 2.45) is 5.92 Å². The summed E-state index contributed by atoms with van der Waals surface area (Å²) in [5.41, 5.74) is 1.39. The lowest BCUT2D eigenvalue weighted by Crippen LogP contribution is -2.34. The highest BCUT2D eigenvalue weighted by molar-refractivity contribution is 5.36. The lowest BCUT2D eigenvalue weighted by molar-refractivity contribution is 0.146. The van der Waals surface area contributed by atoms with Crippen LogP contribution in [0.15, 0.2) is 18.3 Å². The normalized spacial score (nSPS) is 19.9. The lowest BCUT2D eigenvalue weighted by atomic mass is 9.96. The quantitative estimate of drug-likeness (QED) is 0.802. The van der Waals surface area contributed by atoms with Crippen LogP contribution in [0.4, 0.5) is 5.82 Å². The number of anilines is 1. The minimum atomic E-state index is 0.581. The maximum atomic E-state index is 4.60. The summed E-state index contributed by atoms with van der Waals surface area (Å²) in [6, 6.07) is 4.99. The molecule has 1 atom stereocenters. The van der Waals surface area contributed by atoms with Gasteiger partial charge in [-0.15, -0.1) is 0 Å². The zero-order valence-corrected chi connectivity index (χ0v) is 13.9. The van der Waals surface area contributed by atoms with Gasteiger partial charge in [0, 0.05) is 18.8 Å². The van der Waals surface area contributed by atoms with Gasteiger partial charge in [0.1, 0.15) is 5.82 Å². The molecule has 1 saturated heterocycles. The number of piperidine rings is 1. The first-order chi connectivity index (χ1) is 10.2. The van der Waals surface area contributed by atoms with Crippen LogP contribution in [0.3, 0.4) is 0 Å². The molecule has 1 N–H and O–H groups in total. The Morgan fingerprint density at radius 1 is 1.33 bits per heavy atom. The van der Waals surface area contributed by atoms with Gasteiger partial charge in [-0.25, -0.2) is 4.98 Å². The van der Waals surface area contributed by atoms with Crippen LogP contribution in [0.1, 0.15) is 64.5 Å². The fraction of sp³-hybridized carbons (Fsp3) is 0.722. The molecule has 0 aliphatic carbocycles. The topological polar surface area (TPSA) is 28.2 Å². The van der Waals surface area contributed by atoms with Crippen molar-refractivity contribution in [2.45, 2.75) is 58.9 Å². The summed E-state index contributed by atoms with van der Waals surface area (Å²) in [4.78, 5) is 7.26. The summed E-state index contributed by atoms with van der Waals surface area (Å²) in [7, 11) is 0. The Hall–Kier alpha value is -1.09. The largest absolute Gasteiger partial charge is 0.370 e. The smallest absolute Gasteiger partial charge is 0.125 e. The van der Waals surface area contributed by atoms with Gasteiger partial charge in [0.25, 0.3) is 0 Å². The Morgan fingerprint density at radius 2 is 2.19 bits per heavy atom. The van der Waals surface area contributed by atoms with Crippen molar-refractivity contribution < 1.29 is 0 Å². The predicted molar refractivity (Wildman–Crippen MR) is 90.6 cm³/mol. The molecule has 21 heavy (non-hydrogen) atoms. The van der Waals surface area contributed by atoms with Crippen LogP contribution in [0.25, 0.3) is 0 Å². The van der Waals surface area contributed by atoms with Crippen LogP contribution in [0.5, 0.6) is 0 Å². The van der Waals surface area contributed by atoms with E-state index in [0.29, 0.717) is 12.0 Å². The van der Waals surface area contributed by atoms with Gasteiger partial charge < -0.3 is 5.32 Å². The van der Waals surface area contributed by atoms with Crippen LogP contribution in [-0.2, 0) is 0 Å². The average Bonchev–Trinajstić information content (AvgIpc) is 2.52. The molecule has 3 nitrogen and oxygen atoms in total. The molecule has 2 rings (SSSR count). The number of aromatic nitrogens is 1. The molecule has 0 radical (unpaired) electrons. The van der Waals surface area contributed by atoms with Crippen molar-refractivity contribution in [1.29, 1.82) is 0 Å². The van der Waals surface area contributed by atoms with E-state index in [-0.39, 0.29) is 0 Å². The third kappa shape index (κ3) is 4.99. The number of hydrogen-bond donors (Lipinski definition) is 1. The molecule has 0 aromatic carbocycles. The molecule has 1 aliphatic heterocycles. The second-order valence-corrected chi connectivity index (χ2v) is 6.65. The molecule has 1 fully saturated rings. The first-order valence-electron chi connectivity index (χ1n) is 8.64. The molecule has 118 valence electrons. The van der Waals surface area contributed by atoms with E-state index in [4.69, 9.17) is 0 Å². The number of unbranched alkanes of at least 4 members (excludes halogenated alkanes) is 1. The molecule has 2 heterocycles. The highest BCUT2D eigenvalue weighted by Gasteiger charge is 2.23. The predicted octanol–water partition coefficient (Wildman–Crippen LogP) is 4.48. The van der Waals surface area contributed by atoms with E-state index in [9.17, 15) is 0 Å². The summed E-state index contributed by atoms with van der Waals surface area (Å²) in [6.45, 7) is 10.2. The minimum Gasteiger partial charge on any atom is -0.370 e. The zero-order chi connectivity index (χ0) is 15.1. The second-order valence-electron chi connectivity index (χ2n) is 6.65. The van der Waals surface area contributed by atoms with Crippen molar-refractivity contribution in [1.82, 2.24) is 9.88 Å². The molecule has 1 aromatic heterocycles. The number of likely N-dealkylation sites (tertiary alicyclic amines) is 1. The van der Waals surface area contributed by atoms with E-state index in [0.717, 1.165) is 12.4 Å². The van der Waals surface area contributed by atoms with Gasteiger partial charge >= 0.3 is 0 Å². The van der Waals surface area contributed by atoms with E-state index < -0.39 is 0 Å². The van der Waals surface area contributed by atoms with Crippen LogP contribution in [-0.4, -0.2) is 29.5 Å². The molecular weight excluding hydrogens is 258 g/mol. The van der Waals surface area contributed by atoms with Gasteiger partial charge in [-0.2, -0.15) is 0 Å². The maximum absolute atomic E-state index is 4.60. The molecule has 1 aromatic rings. The molecule has 1 aliphatic rings. The van der Waals surface area contributed by atoms with Crippen molar-refractivity contribution in [3.05, 3.63) is 23.9 Å². The molecule has 0 amide bonds. The lowest BCUT2D eigenvalue weighted by Gasteiger charge is -2.36. The van der Waals surface area contributed by atoms with Crippen LogP contribution >= 0.6 is 0 Å².